The average Bonchev–Trinajstić information content (AvgIpc) is 2.96. The Balaban J connectivity index is 1.72. The molecule has 0 radical (unpaired) electrons. The van der Waals surface area contributed by atoms with Gasteiger partial charge in [0, 0.05) is 17.0 Å². The van der Waals surface area contributed by atoms with Crippen LogP contribution in [0.25, 0.3) is 10.2 Å². The molecular formula is C17H24N4OS. The van der Waals surface area contributed by atoms with Crippen molar-refractivity contribution in [1.29, 1.82) is 0 Å². The lowest BCUT2D eigenvalue weighted by Gasteiger charge is -2.39. The molecule has 1 aliphatic rings. The fourth-order valence-electron chi connectivity index (χ4n) is 3.38. The van der Waals surface area contributed by atoms with E-state index in [1.54, 1.807) is 17.7 Å². The fraction of sp³-hybridized carbons (Fsp3) is 0.588. The molecule has 2 unspecified atom stereocenters. The van der Waals surface area contributed by atoms with E-state index >= 15 is 0 Å². The van der Waals surface area contributed by atoms with Crippen molar-refractivity contribution in [2.45, 2.75) is 58.5 Å². The largest absolute Gasteiger partial charge is 0.360 e. The third kappa shape index (κ3) is 3.32. The number of fused-ring (bicyclic) bond motifs is 1. The van der Waals surface area contributed by atoms with Crippen molar-refractivity contribution in [3.05, 3.63) is 17.3 Å². The summed E-state index contributed by atoms with van der Waals surface area (Å²) in [5.41, 5.74) is 0. The number of rotatable bonds is 4. The van der Waals surface area contributed by atoms with Gasteiger partial charge in [0.25, 0.3) is 0 Å². The summed E-state index contributed by atoms with van der Waals surface area (Å²) < 4.78 is 0. The molecule has 0 aromatic carbocycles. The van der Waals surface area contributed by atoms with Gasteiger partial charge in [-0.3, -0.25) is 4.79 Å². The predicted octanol–water partition coefficient (Wildman–Crippen LogP) is 3.46. The molecule has 23 heavy (non-hydrogen) atoms. The molecule has 2 atom stereocenters. The number of thiophene rings is 1. The number of hydrogen-bond donors (Lipinski definition) is 1. The van der Waals surface area contributed by atoms with E-state index in [0.717, 1.165) is 35.3 Å². The minimum absolute atomic E-state index is 0.155. The number of piperidine rings is 1. The number of carbonyl (C=O) groups excluding carboxylic acids is 1. The van der Waals surface area contributed by atoms with E-state index in [1.807, 2.05) is 4.90 Å². The molecular weight excluding hydrogens is 308 g/mol. The van der Waals surface area contributed by atoms with Crippen molar-refractivity contribution in [2.24, 2.45) is 0 Å². The first-order valence-corrected chi connectivity index (χ1v) is 9.20. The van der Waals surface area contributed by atoms with Crippen LogP contribution in [0.5, 0.6) is 0 Å². The molecule has 3 heterocycles. The SMILES string of the molecule is CCc1cc2c(NCC(=O)N3C(C)CCCC3C)ncnc2s1. The maximum Gasteiger partial charge on any atom is 0.242 e. The van der Waals surface area contributed by atoms with Gasteiger partial charge in [-0.1, -0.05) is 6.92 Å². The summed E-state index contributed by atoms with van der Waals surface area (Å²) in [6.07, 6.45) is 5.96. The Bertz CT molecular complexity index is 689. The standard InChI is InChI=1S/C17H24N4OS/c1-4-13-8-14-16(19-10-20-17(14)23-13)18-9-15(22)21-11(2)6-5-7-12(21)3/h8,10-12H,4-7,9H2,1-3H3,(H,18,19,20). The van der Waals surface area contributed by atoms with Crippen LogP contribution in [-0.2, 0) is 11.2 Å². The van der Waals surface area contributed by atoms with Crippen molar-refractivity contribution < 1.29 is 4.79 Å². The van der Waals surface area contributed by atoms with Crippen LogP contribution in [-0.4, -0.2) is 39.4 Å². The molecule has 0 aliphatic carbocycles. The summed E-state index contributed by atoms with van der Waals surface area (Å²) in [6, 6.07) is 2.77. The van der Waals surface area contributed by atoms with Gasteiger partial charge in [-0.05, 0) is 45.6 Å². The number of likely N-dealkylation sites (tertiary alicyclic amines) is 1. The maximum absolute atomic E-state index is 12.6. The Morgan fingerprint density at radius 3 is 2.78 bits per heavy atom. The Kier molecular flexibility index (Phi) is 4.80. The van der Waals surface area contributed by atoms with Gasteiger partial charge in [0.1, 0.15) is 17.0 Å². The summed E-state index contributed by atoms with van der Waals surface area (Å²) in [5, 5.41) is 4.24. The van der Waals surface area contributed by atoms with Gasteiger partial charge in [-0.2, -0.15) is 0 Å². The van der Waals surface area contributed by atoms with Gasteiger partial charge in [0.05, 0.1) is 11.9 Å². The van der Waals surface area contributed by atoms with Gasteiger partial charge >= 0.3 is 0 Å². The van der Waals surface area contributed by atoms with Crippen LogP contribution >= 0.6 is 11.3 Å². The van der Waals surface area contributed by atoms with Crippen LogP contribution in [0.1, 0.15) is 44.9 Å². The topological polar surface area (TPSA) is 58.1 Å². The van der Waals surface area contributed by atoms with Gasteiger partial charge in [0.2, 0.25) is 5.91 Å². The number of anilines is 1. The Morgan fingerprint density at radius 1 is 1.35 bits per heavy atom. The highest BCUT2D eigenvalue weighted by Crippen LogP contribution is 2.28. The highest BCUT2D eigenvalue weighted by atomic mass is 32.1. The fourth-order valence-corrected chi connectivity index (χ4v) is 4.32. The number of nitrogens with zero attached hydrogens (tertiary/aromatic N) is 3. The highest BCUT2D eigenvalue weighted by molar-refractivity contribution is 7.18. The molecule has 0 saturated carbocycles. The third-order valence-corrected chi connectivity index (χ3v) is 5.80. The lowest BCUT2D eigenvalue weighted by molar-refractivity contribution is -0.135. The summed E-state index contributed by atoms with van der Waals surface area (Å²) >= 11 is 1.69. The Hall–Kier alpha value is -1.69. The molecule has 1 saturated heterocycles. The number of aryl methyl sites for hydroxylation is 1. The van der Waals surface area contributed by atoms with E-state index in [-0.39, 0.29) is 12.5 Å². The van der Waals surface area contributed by atoms with Crippen LogP contribution in [0.4, 0.5) is 5.82 Å². The first kappa shape index (κ1) is 16.2. The lowest BCUT2D eigenvalue weighted by Crippen LogP contribution is -2.49. The first-order chi connectivity index (χ1) is 11.1. The number of nitrogens with one attached hydrogen (secondary N) is 1. The van der Waals surface area contributed by atoms with E-state index in [4.69, 9.17) is 0 Å². The van der Waals surface area contributed by atoms with Crippen LogP contribution in [0, 0.1) is 0 Å². The first-order valence-electron chi connectivity index (χ1n) is 8.38. The zero-order chi connectivity index (χ0) is 16.4. The minimum atomic E-state index is 0.155. The zero-order valence-corrected chi connectivity index (χ0v) is 14.8. The molecule has 6 heteroatoms. The van der Waals surface area contributed by atoms with Crippen molar-refractivity contribution in [3.63, 3.8) is 0 Å². The van der Waals surface area contributed by atoms with Gasteiger partial charge < -0.3 is 10.2 Å². The Morgan fingerprint density at radius 2 is 2.09 bits per heavy atom. The number of amides is 1. The van der Waals surface area contributed by atoms with Crippen molar-refractivity contribution in [3.8, 4) is 0 Å². The van der Waals surface area contributed by atoms with Crippen molar-refractivity contribution in [2.75, 3.05) is 11.9 Å². The van der Waals surface area contributed by atoms with E-state index in [1.165, 1.54) is 11.3 Å². The number of hydrogen-bond acceptors (Lipinski definition) is 5. The molecule has 0 spiro atoms. The second-order valence-electron chi connectivity index (χ2n) is 6.29. The minimum Gasteiger partial charge on any atom is -0.360 e. The zero-order valence-electron chi connectivity index (χ0n) is 14.0. The van der Waals surface area contributed by atoms with Gasteiger partial charge in [0.15, 0.2) is 0 Å². The summed E-state index contributed by atoms with van der Waals surface area (Å²) in [6.45, 7) is 6.71. The molecule has 1 N–H and O–H groups in total. The van der Waals surface area contributed by atoms with Crippen molar-refractivity contribution in [1.82, 2.24) is 14.9 Å². The van der Waals surface area contributed by atoms with Gasteiger partial charge in [-0.15, -0.1) is 11.3 Å². The number of aromatic nitrogens is 2. The summed E-state index contributed by atoms with van der Waals surface area (Å²) in [4.78, 5) is 25.6. The lowest BCUT2D eigenvalue weighted by atomic mass is 9.97. The smallest absolute Gasteiger partial charge is 0.242 e. The average molecular weight is 332 g/mol. The molecule has 3 rings (SSSR count). The quantitative estimate of drug-likeness (QED) is 0.931. The monoisotopic (exact) mass is 332 g/mol. The Labute approximate surface area is 141 Å². The van der Waals surface area contributed by atoms with Crippen LogP contribution in [0.15, 0.2) is 12.4 Å². The normalized spacial score (nSPS) is 21.6. The maximum atomic E-state index is 12.6. The molecule has 2 aromatic heterocycles. The van der Waals surface area contributed by atoms with Crippen LogP contribution in [0.2, 0.25) is 0 Å². The summed E-state index contributed by atoms with van der Waals surface area (Å²) in [7, 11) is 0. The number of carbonyl (C=O) groups is 1. The van der Waals surface area contributed by atoms with Crippen molar-refractivity contribution >= 4 is 33.3 Å². The third-order valence-electron chi connectivity index (χ3n) is 4.62. The molecule has 5 nitrogen and oxygen atoms in total. The predicted molar refractivity (Wildman–Crippen MR) is 94.9 cm³/mol. The van der Waals surface area contributed by atoms with Crippen LogP contribution in [0.3, 0.4) is 0 Å². The second kappa shape index (κ2) is 6.83. The molecule has 124 valence electrons. The van der Waals surface area contributed by atoms with Crippen LogP contribution < -0.4 is 5.32 Å². The highest BCUT2D eigenvalue weighted by Gasteiger charge is 2.28. The van der Waals surface area contributed by atoms with E-state index in [2.05, 4.69) is 42.1 Å². The molecule has 1 aliphatic heterocycles. The molecule has 0 bridgehead atoms. The molecule has 1 fully saturated rings. The van der Waals surface area contributed by atoms with E-state index < -0.39 is 0 Å². The molecule has 1 amide bonds. The summed E-state index contributed by atoms with van der Waals surface area (Å²) in [5.74, 6) is 0.916. The molecule has 2 aromatic rings. The van der Waals surface area contributed by atoms with Gasteiger partial charge in [-0.25, -0.2) is 9.97 Å². The van der Waals surface area contributed by atoms with E-state index in [9.17, 15) is 4.79 Å². The van der Waals surface area contributed by atoms with E-state index in [0.29, 0.717) is 12.1 Å². The second-order valence-corrected chi connectivity index (χ2v) is 7.41.